The number of carboxylic acid groups (broad SMARTS) is 1. The Bertz CT molecular complexity index is 1100. The molecule has 2 aromatic carbocycles. The molecule has 0 saturated heterocycles. The Morgan fingerprint density at radius 3 is 2.14 bits per heavy atom. The zero-order valence-electron chi connectivity index (χ0n) is 20.1. The number of rotatable bonds is 11. The molecule has 0 aliphatic rings. The first-order chi connectivity index (χ1) is 16.9. The van der Waals surface area contributed by atoms with Crippen molar-refractivity contribution in [2.45, 2.75) is 39.3 Å². The van der Waals surface area contributed by atoms with Crippen LogP contribution in [0.5, 0.6) is 17.2 Å². The molecule has 0 aliphatic heterocycles. The van der Waals surface area contributed by atoms with Crippen LogP contribution in [0.25, 0.3) is 0 Å². The Morgan fingerprint density at radius 2 is 1.57 bits per heavy atom. The van der Waals surface area contributed by atoms with E-state index in [9.17, 15) is 14.7 Å². The van der Waals surface area contributed by atoms with Crippen LogP contribution in [0.3, 0.4) is 0 Å². The van der Waals surface area contributed by atoms with E-state index in [-0.39, 0.29) is 6.54 Å². The lowest BCUT2D eigenvalue weighted by molar-refractivity contribution is -0.142. The zero-order chi connectivity index (χ0) is 25.2. The number of aryl methyl sites for hydroxylation is 1. The molecule has 0 aliphatic carbocycles. The van der Waals surface area contributed by atoms with E-state index in [1.54, 1.807) is 48.5 Å². The van der Waals surface area contributed by atoms with E-state index in [0.717, 1.165) is 22.6 Å². The number of aliphatic carboxylic acids is 1. The molecule has 0 radical (unpaired) electrons. The van der Waals surface area contributed by atoms with Gasteiger partial charge in [0.1, 0.15) is 23.3 Å². The Morgan fingerprint density at radius 1 is 0.943 bits per heavy atom. The maximum atomic E-state index is 12.8. The van der Waals surface area contributed by atoms with Crippen molar-refractivity contribution in [3.63, 3.8) is 0 Å². The van der Waals surface area contributed by atoms with Crippen LogP contribution in [0.15, 0.2) is 66.9 Å². The summed E-state index contributed by atoms with van der Waals surface area (Å²) in [6.45, 7) is 4.08. The molecule has 1 heterocycles. The number of carboxylic acids is 1. The second-order valence-electron chi connectivity index (χ2n) is 7.94. The van der Waals surface area contributed by atoms with Crippen molar-refractivity contribution in [2.75, 3.05) is 13.7 Å². The van der Waals surface area contributed by atoms with E-state index in [1.807, 2.05) is 12.3 Å². The lowest BCUT2D eigenvalue weighted by atomic mass is 10.2. The zero-order valence-corrected chi connectivity index (χ0v) is 20.1. The highest BCUT2D eigenvalue weighted by Crippen LogP contribution is 2.20. The Labute approximate surface area is 205 Å². The minimum Gasteiger partial charge on any atom is -0.497 e. The monoisotopic (exact) mass is 478 g/mol. The minimum atomic E-state index is -1.13. The number of benzene rings is 2. The third-order valence-electron chi connectivity index (χ3n) is 5.52. The van der Waals surface area contributed by atoms with Gasteiger partial charge in [-0.1, -0.05) is 25.1 Å². The molecule has 3 rings (SSSR count). The van der Waals surface area contributed by atoms with Crippen LogP contribution in [-0.2, 0) is 24.2 Å². The third-order valence-corrected chi connectivity index (χ3v) is 5.52. The molecule has 0 spiro atoms. The molecule has 0 bridgehead atoms. The molecule has 0 fully saturated rings. The van der Waals surface area contributed by atoms with Crippen molar-refractivity contribution in [3.8, 4) is 17.2 Å². The van der Waals surface area contributed by atoms with Crippen molar-refractivity contribution in [1.82, 2.24) is 9.88 Å². The molecule has 8 nitrogen and oxygen atoms in total. The summed E-state index contributed by atoms with van der Waals surface area (Å²) in [5, 5.41) is 9.49. The number of pyridine rings is 1. The van der Waals surface area contributed by atoms with E-state index in [4.69, 9.17) is 14.2 Å². The number of hydrogen-bond acceptors (Lipinski definition) is 6. The quantitative estimate of drug-likeness (QED) is 0.425. The normalized spacial score (nSPS) is 11.4. The number of methoxy groups -OCH3 is 1. The summed E-state index contributed by atoms with van der Waals surface area (Å²) in [6.07, 6.45) is 2.77. The summed E-state index contributed by atoms with van der Waals surface area (Å²) in [7, 11) is 1.54. The fourth-order valence-electron chi connectivity index (χ4n) is 3.27. The van der Waals surface area contributed by atoms with Crippen molar-refractivity contribution >= 4 is 12.1 Å². The van der Waals surface area contributed by atoms with Crippen LogP contribution >= 0.6 is 0 Å². The Kier molecular flexibility index (Phi) is 9.06. The van der Waals surface area contributed by atoms with Gasteiger partial charge in [0.25, 0.3) is 0 Å². The van der Waals surface area contributed by atoms with Crippen LogP contribution in [0.2, 0.25) is 0 Å². The molecule has 1 N–H and O–H groups in total. The SMILES string of the molecule is CCc1ccc(CCOc2ccc(CN(C(=O)Oc3ccc(OC)cc3)[C@@H](C)C(=O)O)cc2)nc1. The van der Waals surface area contributed by atoms with Gasteiger partial charge in [0.15, 0.2) is 0 Å². The highest BCUT2D eigenvalue weighted by molar-refractivity contribution is 5.80. The standard InChI is InChI=1S/C27H30N2O6/c1-4-20-5-8-22(28-17-20)15-16-34-24-9-6-21(7-10-24)18-29(19(2)26(30)31)27(32)35-25-13-11-23(33-3)12-14-25/h5-14,17,19H,4,15-16,18H2,1-3H3,(H,30,31)/t19-/m0/s1. The molecule has 0 saturated carbocycles. The van der Waals surface area contributed by atoms with Crippen LogP contribution in [-0.4, -0.2) is 46.8 Å². The van der Waals surface area contributed by atoms with E-state index in [1.165, 1.54) is 19.6 Å². The first-order valence-corrected chi connectivity index (χ1v) is 11.4. The summed E-state index contributed by atoms with van der Waals surface area (Å²) in [4.78, 5) is 30.0. The van der Waals surface area contributed by atoms with E-state index < -0.39 is 18.1 Å². The van der Waals surface area contributed by atoms with Gasteiger partial charge in [0.2, 0.25) is 0 Å². The van der Waals surface area contributed by atoms with Gasteiger partial charge in [-0.2, -0.15) is 0 Å². The molecule has 1 aromatic heterocycles. The number of nitrogens with zero attached hydrogens (tertiary/aromatic N) is 2. The Balaban J connectivity index is 1.59. The van der Waals surface area contributed by atoms with Gasteiger partial charge in [0.05, 0.1) is 13.7 Å². The van der Waals surface area contributed by atoms with Gasteiger partial charge in [0, 0.05) is 24.9 Å². The highest BCUT2D eigenvalue weighted by Gasteiger charge is 2.27. The lowest BCUT2D eigenvalue weighted by Gasteiger charge is -2.26. The van der Waals surface area contributed by atoms with Crippen molar-refractivity contribution in [3.05, 3.63) is 83.7 Å². The minimum absolute atomic E-state index is 0.0659. The number of hydrogen-bond donors (Lipinski definition) is 1. The van der Waals surface area contributed by atoms with Crippen LogP contribution < -0.4 is 14.2 Å². The average molecular weight is 479 g/mol. The van der Waals surface area contributed by atoms with E-state index in [0.29, 0.717) is 30.3 Å². The predicted molar refractivity (Wildman–Crippen MR) is 131 cm³/mol. The molecule has 35 heavy (non-hydrogen) atoms. The smallest absolute Gasteiger partial charge is 0.416 e. The number of amides is 1. The molecule has 184 valence electrons. The molecule has 0 unspecified atom stereocenters. The molecular formula is C27H30N2O6. The second-order valence-corrected chi connectivity index (χ2v) is 7.94. The van der Waals surface area contributed by atoms with Crippen molar-refractivity contribution < 1.29 is 28.9 Å². The largest absolute Gasteiger partial charge is 0.497 e. The topological polar surface area (TPSA) is 98.2 Å². The summed E-state index contributed by atoms with van der Waals surface area (Å²) in [5.41, 5.74) is 2.91. The van der Waals surface area contributed by atoms with Gasteiger partial charge < -0.3 is 19.3 Å². The van der Waals surface area contributed by atoms with Crippen LogP contribution in [0.4, 0.5) is 4.79 Å². The van der Waals surface area contributed by atoms with E-state index >= 15 is 0 Å². The predicted octanol–water partition coefficient (Wildman–Crippen LogP) is 4.75. The van der Waals surface area contributed by atoms with Gasteiger partial charge in [-0.15, -0.1) is 0 Å². The molecule has 1 amide bonds. The number of ether oxygens (including phenoxy) is 3. The first kappa shape index (κ1) is 25.6. The maximum absolute atomic E-state index is 12.8. The summed E-state index contributed by atoms with van der Waals surface area (Å²) in [6, 6.07) is 16.7. The lowest BCUT2D eigenvalue weighted by Crippen LogP contribution is -2.44. The fourth-order valence-corrected chi connectivity index (χ4v) is 3.27. The van der Waals surface area contributed by atoms with Crippen molar-refractivity contribution in [1.29, 1.82) is 0 Å². The third kappa shape index (κ3) is 7.46. The van der Waals surface area contributed by atoms with Gasteiger partial charge in [-0.25, -0.2) is 9.59 Å². The molecule has 1 atom stereocenters. The Hall–Kier alpha value is -4.07. The summed E-state index contributed by atoms with van der Waals surface area (Å²) < 4.78 is 16.3. The van der Waals surface area contributed by atoms with Crippen molar-refractivity contribution in [2.24, 2.45) is 0 Å². The number of carbonyl (C=O) groups is 2. The molecule has 8 heteroatoms. The van der Waals surface area contributed by atoms with Crippen LogP contribution in [0, 0.1) is 0 Å². The van der Waals surface area contributed by atoms with Gasteiger partial charge in [-0.05, 0) is 66.9 Å². The summed E-state index contributed by atoms with van der Waals surface area (Å²) in [5.74, 6) is 0.462. The molecular weight excluding hydrogens is 448 g/mol. The van der Waals surface area contributed by atoms with Gasteiger partial charge >= 0.3 is 12.1 Å². The highest BCUT2D eigenvalue weighted by atomic mass is 16.6. The number of carbonyl (C=O) groups excluding carboxylic acids is 1. The molecule has 3 aromatic rings. The van der Waals surface area contributed by atoms with E-state index in [2.05, 4.69) is 18.0 Å². The summed E-state index contributed by atoms with van der Waals surface area (Å²) >= 11 is 0. The maximum Gasteiger partial charge on any atom is 0.416 e. The second kappa shape index (κ2) is 12.4. The number of aromatic nitrogens is 1. The average Bonchev–Trinajstić information content (AvgIpc) is 2.88. The fraction of sp³-hybridized carbons (Fsp3) is 0.296. The van der Waals surface area contributed by atoms with Gasteiger partial charge in [-0.3, -0.25) is 9.88 Å². The van der Waals surface area contributed by atoms with Crippen LogP contribution in [0.1, 0.15) is 30.7 Å². The first-order valence-electron chi connectivity index (χ1n) is 11.4.